The summed E-state index contributed by atoms with van der Waals surface area (Å²) >= 11 is 0. The molecule has 2 aromatic rings. The summed E-state index contributed by atoms with van der Waals surface area (Å²) in [6.07, 6.45) is 4.69. The smallest absolute Gasteiger partial charge is 0.291 e. The van der Waals surface area contributed by atoms with Gasteiger partial charge in [0.25, 0.3) is 5.91 Å². The average Bonchev–Trinajstić information content (AvgIpc) is 3.26. The first-order valence-corrected chi connectivity index (χ1v) is 9.69. The number of anilines is 1. The normalized spacial score (nSPS) is 11.3. The van der Waals surface area contributed by atoms with Crippen molar-refractivity contribution in [2.45, 2.75) is 32.7 Å². The standard InChI is InChI=1S/C21H30N4O3/c1-3-4-13-27-14-6-12-23-21(22-2)24-16-17-8-10-18(11-9-17)25-20(26)19-7-5-15-28-19/h5,7-11,15H,3-4,6,12-14,16H2,1-2H3,(H,25,26)(H2,22,23,24). The predicted octanol–water partition coefficient (Wildman–Crippen LogP) is 3.40. The van der Waals surface area contributed by atoms with Crippen LogP contribution < -0.4 is 16.0 Å². The van der Waals surface area contributed by atoms with E-state index in [1.54, 1.807) is 19.2 Å². The van der Waals surface area contributed by atoms with Gasteiger partial charge >= 0.3 is 0 Å². The van der Waals surface area contributed by atoms with Gasteiger partial charge in [-0.3, -0.25) is 9.79 Å². The van der Waals surface area contributed by atoms with Crippen molar-refractivity contribution in [2.24, 2.45) is 4.99 Å². The minimum atomic E-state index is -0.265. The number of benzene rings is 1. The van der Waals surface area contributed by atoms with E-state index in [0.29, 0.717) is 6.54 Å². The highest BCUT2D eigenvalue weighted by Gasteiger charge is 2.08. The van der Waals surface area contributed by atoms with Crippen LogP contribution in [-0.2, 0) is 11.3 Å². The SMILES string of the molecule is CCCCOCCCNC(=NC)NCc1ccc(NC(=O)c2ccco2)cc1. The van der Waals surface area contributed by atoms with Crippen LogP contribution in [0.3, 0.4) is 0 Å². The Bertz CT molecular complexity index is 712. The largest absolute Gasteiger partial charge is 0.459 e. The predicted molar refractivity (Wildman–Crippen MR) is 112 cm³/mol. The fourth-order valence-electron chi connectivity index (χ4n) is 2.44. The van der Waals surface area contributed by atoms with Gasteiger partial charge in [-0.1, -0.05) is 25.5 Å². The van der Waals surface area contributed by atoms with Crippen molar-refractivity contribution in [3.8, 4) is 0 Å². The zero-order valence-corrected chi connectivity index (χ0v) is 16.7. The van der Waals surface area contributed by atoms with Gasteiger partial charge in [0.05, 0.1) is 6.26 Å². The number of unbranched alkanes of at least 4 members (excludes halogenated alkanes) is 1. The maximum Gasteiger partial charge on any atom is 0.291 e. The lowest BCUT2D eigenvalue weighted by Gasteiger charge is -2.12. The van der Waals surface area contributed by atoms with E-state index < -0.39 is 0 Å². The van der Waals surface area contributed by atoms with E-state index in [2.05, 4.69) is 27.9 Å². The third-order valence-electron chi connectivity index (χ3n) is 4.04. The number of furan rings is 1. The minimum absolute atomic E-state index is 0.265. The molecule has 0 fully saturated rings. The Balaban J connectivity index is 1.67. The molecule has 3 N–H and O–H groups in total. The molecule has 1 aromatic carbocycles. The number of hydrogen-bond donors (Lipinski definition) is 3. The molecule has 0 atom stereocenters. The molecule has 0 saturated carbocycles. The number of carbonyl (C=O) groups is 1. The summed E-state index contributed by atoms with van der Waals surface area (Å²) in [4.78, 5) is 16.2. The van der Waals surface area contributed by atoms with Gasteiger partial charge in [-0.25, -0.2) is 0 Å². The molecule has 1 amide bonds. The van der Waals surface area contributed by atoms with Crippen LogP contribution in [0.4, 0.5) is 5.69 Å². The van der Waals surface area contributed by atoms with Crippen LogP contribution in [0.1, 0.15) is 42.3 Å². The molecule has 28 heavy (non-hydrogen) atoms. The summed E-state index contributed by atoms with van der Waals surface area (Å²) in [5.41, 5.74) is 1.80. The molecule has 7 heteroatoms. The maximum absolute atomic E-state index is 12.0. The summed E-state index contributed by atoms with van der Waals surface area (Å²) in [7, 11) is 1.75. The van der Waals surface area contributed by atoms with Gasteiger partial charge in [0.15, 0.2) is 11.7 Å². The number of carbonyl (C=O) groups excluding carboxylic acids is 1. The number of rotatable bonds is 11. The molecule has 0 bridgehead atoms. The fraction of sp³-hybridized carbons (Fsp3) is 0.429. The Morgan fingerprint density at radius 1 is 1.11 bits per heavy atom. The number of guanidine groups is 1. The molecule has 1 aromatic heterocycles. The van der Waals surface area contributed by atoms with Gasteiger partial charge in [-0.05, 0) is 42.7 Å². The van der Waals surface area contributed by atoms with E-state index in [1.165, 1.54) is 6.26 Å². The summed E-state index contributed by atoms with van der Waals surface area (Å²) in [6.45, 7) is 5.20. The lowest BCUT2D eigenvalue weighted by atomic mass is 10.2. The zero-order chi connectivity index (χ0) is 20.0. The number of nitrogens with one attached hydrogen (secondary N) is 3. The summed E-state index contributed by atoms with van der Waals surface area (Å²) in [6, 6.07) is 11.0. The molecule has 0 aliphatic heterocycles. The second-order valence-corrected chi connectivity index (χ2v) is 6.30. The molecule has 2 rings (SSSR count). The number of hydrogen-bond acceptors (Lipinski definition) is 4. The van der Waals surface area contributed by atoms with Gasteiger partial charge in [-0.2, -0.15) is 0 Å². The third kappa shape index (κ3) is 7.84. The molecule has 0 spiro atoms. The molecular formula is C21H30N4O3. The molecule has 1 heterocycles. The highest BCUT2D eigenvalue weighted by Crippen LogP contribution is 2.11. The molecule has 7 nitrogen and oxygen atoms in total. The van der Waals surface area contributed by atoms with Crippen molar-refractivity contribution in [3.05, 3.63) is 54.0 Å². The van der Waals surface area contributed by atoms with E-state index in [9.17, 15) is 4.79 Å². The number of amides is 1. The van der Waals surface area contributed by atoms with Crippen molar-refractivity contribution in [1.29, 1.82) is 0 Å². The van der Waals surface area contributed by atoms with E-state index in [4.69, 9.17) is 9.15 Å². The fourth-order valence-corrected chi connectivity index (χ4v) is 2.44. The lowest BCUT2D eigenvalue weighted by molar-refractivity contribution is 0.0996. The Morgan fingerprint density at radius 2 is 1.89 bits per heavy atom. The number of ether oxygens (including phenoxy) is 1. The van der Waals surface area contributed by atoms with E-state index in [0.717, 1.165) is 56.2 Å². The third-order valence-corrected chi connectivity index (χ3v) is 4.04. The lowest BCUT2D eigenvalue weighted by Crippen LogP contribution is -2.37. The Morgan fingerprint density at radius 3 is 2.57 bits per heavy atom. The Hall–Kier alpha value is -2.80. The van der Waals surface area contributed by atoms with Crippen LogP contribution in [0.5, 0.6) is 0 Å². The van der Waals surface area contributed by atoms with Crippen LogP contribution in [0.15, 0.2) is 52.1 Å². The molecular weight excluding hydrogens is 356 g/mol. The van der Waals surface area contributed by atoms with Crippen molar-refractivity contribution >= 4 is 17.6 Å². The molecule has 0 aliphatic rings. The summed E-state index contributed by atoms with van der Waals surface area (Å²) < 4.78 is 10.6. The summed E-state index contributed by atoms with van der Waals surface area (Å²) in [5, 5.41) is 9.35. The quantitative estimate of drug-likeness (QED) is 0.313. The van der Waals surface area contributed by atoms with E-state index >= 15 is 0 Å². The first-order valence-electron chi connectivity index (χ1n) is 9.69. The highest BCUT2D eigenvalue weighted by molar-refractivity contribution is 6.02. The van der Waals surface area contributed by atoms with Gasteiger partial charge < -0.3 is 25.1 Å². The molecule has 0 radical (unpaired) electrons. The van der Waals surface area contributed by atoms with E-state index in [-0.39, 0.29) is 11.7 Å². The van der Waals surface area contributed by atoms with Crippen LogP contribution in [0.25, 0.3) is 0 Å². The molecule has 0 unspecified atom stereocenters. The van der Waals surface area contributed by atoms with E-state index in [1.807, 2.05) is 24.3 Å². The van der Waals surface area contributed by atoms with Gasteiger partial charge in [0, 0.05) is 39.0 Å². The van der Waals surface area contributed by atoms with Crippen molar-refractivity contribution in [2.75, 3.05) is 32.1 Å². The highest BCUT2D eigenvalue weighted by atomic mass is 16.5. The monoisotopic (exact) mass is 386 g/mol. The van der Waals surface area contributed by atoms with Crippen molar-refractivity contribution in [3.63, 3.8) is 0 Å². The van der Waals surface area contributed by atoms with Crippen molar-refractivity contribution < 1.29 is 13.9 Å². The minimum Gasteiger partial charge on any atom is -0.459 e. The van der Waals surface area contributed by atoms with Gasteiger partial charge in [0.2, 0.25) is 0 Å². The molecule has 0 saturated heterocycles. The number of aliphatic imine (C=N–C) groups is 1. The Kier molecular flexibility index (Phi) is 9.65. The Labute approximate surface area is 166 Å². The molecule has 152 valence electrons. The summed E-state index contributed by atoms with van der Waals surface area (Å²) in [5.74, 6) is 0.777. The van der Waals surface area contributed by atoms with Crippen LogP contribution in [0.2, 0.25) is 0 Å². The second kappa shape index (κ2) is 12.6. The maximum atomic E-state index is 12.0. The van der Waals surface area contributed by atoms with Gasteiger partial charge in [-0.15, -0.1) is 0 Å². The number of nitrogens with zero attached hydrogens (tertiary/aromatic N) is 1. The average molecular weight is 386 g/mol. The zero-order valence-electron chi connectivity index (χ0n) is 16.7. The van der Waals surface area contributed by atoms with Gasteiger partial charge in [0.1, 0.15) is 0 Å². The topological polar surface area (TPSA) is 87.9 Å². The van der Waals surface area contributed by atoms with Crippen LogP contribution in [-0.4, -0.2) is 38.7 Å². The first kappa shape index (κ1) is 21.5. The van der Waals surface area contributed by atoms with Crippen LogP contribution >= 0.6 is 0 Å². The van der Waals surface area contributed by atoms with Crippen molar-refractivity contribution in [1.82, 2.24) is 10.6 Å². The molecule has 0 aliphatic carbocycles. The van der Waals surface area contributed by atoms with Crippen LogP contribution in [0, 0.1) is 0 Å². The first-order chi connectivity index (χ1) is 13.7. The second-order valence-electron chi connectivity index (χ2n) is 6.30.